The van der Waals surface area contributed by atoms with Crippen molar-refractivity contribution in [2.75, 3.05) is 19.6 Å². The molecule has 0 aromatic heterocycles. The van der Waals surface area contributed by atoms with Crippen molar-refractivity contribution in [2.24, 2.45) is 5.92 Å². The van der Waals surface area contributed by atoms with Crippen LogP contribution in [0.4, 0.5) is 0 Å². The number of carbonyl (C=O) groups is 1. The Morgan fingerprint density at radius 2 is 2.12 bits per heavy atom. The number of rotatable bonds is 2. The first-order valence-corrected chi connectivity index (χ1v) is 6.89. The highest BCUT2D eigenvalue weighted by Gasteiger charge is 2.34. The molecule has 0 spiro atoms. The van der Waals surface area contributed by atoms with Gasteiger partial charge in [0, 0.05) is 31.2 Å². The molecule has 2 aliphatic heterocycles. The third-order valence-electron chi connectivity index (χ3n) is 3.42. The molecule has 94 valence electrons. The molecule has 2 heterocycles. The molecule has 2 aliphatic rings. The molecule has 2 unspecified atom stereocenters. The molecule has 0 radical (unpaired) electrons. The van der Waals surface area contributed by atoms with Crippen LogP contribution in [0.5, 0.6) is 0 Å². The summed E-state index contributed by atoms with van der Waals surface area (Å²) >= 11 is 3.36. The Balaban J connectivity index is 2.00. The number of nitrogens with one attached hydrogen (secondary N) is 1. The number of amides is 1. The van der Waals surface area contributed by atoms with Gasteiger partial charge in [0.2, 0.25) is 5.91 Å². The maximum atomic E-state index is 12.2. The van der Waals surface area contributed by atoms with Crippen LogP contribution in [0.1, 0.15) is 20.3 Å². The molecule has 2 atom stereocenters. The predicted molar refractivity (Wildman–Crippen MR) is 72.9 cm³/mol. The molecule has 17 heavy (non-hydrogen) atoms. The van der Waals surface area contributed by atoms with Crippen molar-refractivity contribution in [2.45, 2.75) is 26.3 Å². The number of halogens is 1. The zero-order chi connectivity index (χ0) is 12.4. The molecule has 1 N–H and O–H groups in total. The van der Waals surface area contributed by atoms with E-state index in [2.05, 4.69) is 21.2 Å². The number of fused-ring (bicyclic) bond motifs is 2. The zero-order valence-electron chi connectivity index (χ0n) is 10.4. The lowest BCUT2D eigenvalue weighted by Crippen LogP contribution is -2.44. The van der Waals surface area contributed by atoms with Gasteiger partial charge in [0.05, 0.1) is 0 Å². The van der Waals surface area contributed by atoms with Gasteiger partial charge in [-0.25, -0.2) is 0 Å². The first-order chi connectivity index (χ1) is 8.06. The summed E-state index contributed by atoms with van der Waals surface area (Å²) in [6.45, 7) is 6.68. The SMILES string of the molecule is C/C(Br)=C\C=C(/C)C(=O)N1CC2CNC(C2)C1. The highest BCUT2D eigenvalue weighted by Crippen LogP contribution is 2.23. The maximum absolute atomic E-state index is 12.2. The lowest BCUT2D eigenvalue weighted by molar-refractivity contribution is -0.128. The van der Waals surface area contributed by atoms with Crippen molar-refractivity contribution in [3.05, 3.63) is 22.2 Å². The monoisotopic (exact) mass is 298 g/mol. The third kappa shape index (κ3) is 3.19. The van der Waals surface area contributed by atoms with E-state index in [0.717, 1.165) is 29.7 Å². The molecule has 1 amide bonds. The van der Waals surface area contributed by atoms with Crippen molar-refractivity contribution in [3.8, 4) is 0 Å². The summed E-state index contributed by atoms with van der Waals surface area (Å²) in [6, 6.07) is 0.513. The van der Waals surface area contributed by atoms with Crippen molar-refractivity contribution in [1.29, 1.82) is 0 Å². The fourth-order valence-corrected chi connectivity index (χ4v) is 2.69. The Labute approximate surface area is 111 Å². The van der Waals surface area contributed by atoms with Crippen molar-refractivity contribution in [3.63, 3.8) is 0 Å². The first kappa shape index (κ1) is 12.8. The summed E-state index contributed by atoms with van der Waals surface area (Å²) in [5.74, 6) is 0.826. The molecule has 0 aromatic carbocycles. The normalized spacial score (nSPS) is 29.7. The molecule has 2 rings (SSSR count). The van der Waals surface area contributed by atoms with E-state index in [0.29, 0.717) is 12.0 Å². The minimum absolute atomic E-state index is 0.174. The van der Waals surface area contributed by atoms with Gasteiger partial charge in [-0.2, -0.15) is 0 Å². The quantitative estimate of drug-likeness (QED) is 0.625. The molecule has 3 nitrogen and oxygen atoms in total. The summed E-state index contributed by atoms with van der Waals surface area (Å²) in [7, 11) is 0. The molecule has 2 fully saturated rings. The van der Waals surface area contributed by atoms with Crippen molar-refractivity contribution in [1.82, 2.24) is 10.2 Å². The van der Waals surface area contributed by atoms with Crippen LogP contribution in [0.3, 0.4) is 0 Å². The predicted octanol–water partition coefficient (Wildman–Crippen LogP) is 2.05. The van der Waals surface area contributed by atoms with E-state index < -0.39 is 0 Å². The van der Waals surface area contributed by atoms with Crippen molar-refractivity contribution < 1.29 is 4.79 Å². The van der Waals surface area contributed by atoms with E-state index in [1.165, 1.54) is 6.42 Å². The number of piperidine rings is 1. The summed E-state index contributed by atoms with van der Waals surface area (Å²) < 4.78 is 1.03. The van der Waals surface area contributed by atoms with E-state index in [4.69, 9.17) is 0 Å². The largest absolute Gasteiger partial charge is 0.337 e. The smallest absolute Gasteiger partial charge is 0.249 e. The lowest BCUT2D eigenvalue weighted by atomic mass is 9.99. The van der Waals surface area contributed by atoms with Crippen LogP contribution in [0, 0.1) is 5.92 Å². The van der Waals surface area contributed by atoms with Crippen molar-refractivity contribution >= 4 is 21.8 Å². The Bertz CT molecular complexity index is 360. The van der Waals surface area contributed by atoms with Gasteiger partial charge in [-0.05, 0) is 30.7 Å². The topological polar surface area (TPSA) is 32.3 Å². The molecule has 0 saturated carbocycles. The molecule has 2 saturated heterocycles. The Morgan fingerprint density at radius 3 is 2.76 bits per heavy atom. The van der Waals surface area contributed by atoms with Crippen LogP contribution in [-0.4, -0.2) is 36.5 Å². The minimum Gasteiger partial charge on any atom is -0.337 e. The molecule has 4 heteroatoms. The average molecular weight is 299 g/mol. The molecular formula is C13H19BrN2O. The fourth-order valence-electron chi connectivity index (χ4n) is 2.56. The highest BCUT2D eigenvalue weighted by molar-refractivity contribution is 9.11. The number of hydrogen-bond donors (Lipinski definition) is 1. The zero-order valence-corrected chi connectivity index (χ0v) is 12.0. The summed E-state index contributed by atoms with van der Waals surface area (Å²) in [5.41, 5.74) is 0.810. The van der Waals surface area contributed by atoms with Gasteiger partial charge in [-0.3, -0.25) is 4.79 Å². The van der Waals surface area contributed by atoms with Crippen LogP contribution in [0.2, 0.25) is 0 Å². The van der Waals surface area contributed by atoms with Gasteiger partial charge in [-0.1, -0.05) is 28.1 Å². The number of likely N-dealkylation sites (tertiary alicyclic amines) is 1. The number of hydrogen-bond acceptors (Lipinski definition) is 2. The van der Waals surface area contributed by atoms with Crippen LogP contribution in [-0.2, 0) is 4.79 Å². The maximum Gasteiger partial charge on any atom is 0.249 e. The fraction of sp³-hybridized carbons (Fsp3) is 0.615. The Hall–Kier alpha value is -0.610. The third-order valence-corrected chi connectivity index (χ3v) is 3.68. The van der Waals surface area contributed by atoms with E-state index >= 15 is 0 Å². The lowest BCUT2D eigenvalue weighted by Gasteiger charge is -2.31. The van der Waals surface area contributed by atoms with Crippen LogP contribution < -0.4 is 5.32 Å². The molecule has 0 aliphatic carbocycles. The van der Waals surface area contributed by atoms with Gasteiger partial charge >= 0.3 is 0 Å². The second kappa shape index (κ2) is 5.36. The van der Waals surface area contributed by atoms with Gasteiger partial charge < -0.3 is 10.2 Å². The molecule has 2 bridgehead atoms. The summed E-state index contributed by atoms with van der Waals surface area (Å²) in [6.07, 6.45) is 5.04. The standard InChI is InChI=1S/C13H19BrN2O/c1-9(3-4-10(2)14)13(17)16-7-11-5-12(8-16)15-6-11/h3-4,11-12,15H,5-8H2,1-2H3/b9-3+,10-4+. The van der Waals surface area contributed by atoms with Crippen LogP contribution in [0.25, 0.3) is 0 Å². The van der Waals surface area contributed by atoms with Crippen LogP contribution in [0.15, 0.2) is 22.2 Å². The van der Waals surface area contributed by atoms with E-state index in [1.807, 2.05) is 30.9 Å². The average Bonchev–Trinajstić information content (AvgIpc) is 2.64. The summed E-state index contributed by atoms with van der Waals surface area (Å²) in [4.78, 5) is 14.2. The summed E-state index contributed by atoms with van der Waals surface area (Å²) in [5, 5.41) is 3.46. The van der Waals surface area contributed by atoms with Gasteiger partial charge in [0.15, 0.2) is 0 Å². The molecule has 0 aromatic rings. The van der Waals surface area contributed by atoms with E-state index in [-0.39, 0.29) is 5.91 Å². The van der Waals surface area contributed by atoms with Gasteiger partial charge in [0.25, 0.3) is 0 Å². The van der Waals surface area contributed by atoms with Gasteiger partial charge in [0.1, 0.15) is 0 Å². The van der Waals surface area contributed by atoms with E-state index in [9.17, 15) is 4.79 Å². The minimum atomic E-state index is 0.174. The second-order valence-corrected chi connectivity index (χ2v) is 6.27. The van der Waals surface area contributed by atoms with Crippen LogP contribution >= 0.6 is 15.9 Å². The number of allylic oxidation sites excluding steroid dienone is 3. The Morgan fingerprint density at radius 1 is 1.35 bits per heavy atom. The van der Waals surface area contributed by atoms with E-state index in [1.54, 1.807) is 0 Å². The Kier molecular flexibility index (Phi) is 4.05. The number of carbonyl (C=O) groups excluding carboxylic acids is 1. The number of nitrogens with zero attached hydrogens (tertiary/aromatic N) is 1. The van der Waals surface area contributed by atoms with Gasteiger partial charge in [-0.15, -0.1) is 0 Å². The highest BCUT2D eigenvalue weighted by atomic mass is 79.9. The molecular weight excluding hydrogens is 280 g/mol. The first-order valence-electron chi connectivity index (χ1n) is 6.09. The second-order valence-electron chi connectivity index (χ2n) is 5.02.